The molecule has 1 atom stereocenters. The van der Waals surface area contributed by atoms with Crippen LogP contribution in [-0.2, 0) is 6.42 Å². The van der Waals surface area contributed by atoms with Gasteiger partial charge in [-0.1, -0.05) is 19.1 Å². The molecule has 0 saturated carbocycles. The SMILES string of the molecule is CCc1cc(NC(=O)N2CCN(c3ccccc3OC)CC2N2CCNCC2)c(OC)nc1C. The first-order valence-corrected chi connectivity index (χ1v) is 12.0. The minimum absolute atomic E-state index is 0.0594. The fourth-order valence-corrected chi connectivity index (χ4v) is 4.82. The molecule has 9 heteroatoms. The van der Waals surface area contributed by atoms with Crippen LogP contribution in [0.5, 0.6) is 11.6 Å². The van der Waals surface area contributed by atoms with Crippen LogP contribution < -0.4 is 25.0 Å². The molecule has 3 heterocycles. The largest absolute Gasteiger partial charge is 0.495 e. The van der Waals surface area contributed by atoms with E-state index in [0.717, 1.165) is 61.8 Å². The summed E-state index contributed by atoms with van der Waals surface area (Å²) < 4.78 is 11.1. The topological polar surface area (TPSA) is 82.2 Å². The monoisotopic (exact) mass is 468 g/mol. The molecule has 184 valence electrons. The summed E-state index contributed by atoms with van der Waals surface area (Å²) in [5, 5.41) is 6.51. The molecule has 2 amide bonds. The van der Waals surface area contributed by atoms with E-state index in [1.54, 1.807) is 14.2 Å². The predicted octanol–water partition coefficient (Wildman–Crippen LogP) is 2.56. The summed E-state index contributed by atoms with van der Waals surface area (Å²) in [5.74, 6) is 1.29. The van der Waals surface area contributed by atoms with Crippen molar-refractivity contribution in [3.63, 3.8) is 0 Å². The summed E-state index contributed by atoms with van der Waals surface area (Å²) >= 11 is 0. The molecule has 2 aromatic rings. The number of rotatable bonds is 6. The van der Waals surface area contributed by atoms with Crippen molar-refractivity contribution in [2.75, 3.05) is 70.2 Å². The van der Waals surface area contributed by atoms with E-state index in [1.807, 2.05) is 36.1 Å². The molecule has 2 fully saturated rings. The summed E-state index contributed by atoms with van der Waals surface area (Å²) in [7, 11) is 3.28. The van der Waals surface area contributed by atoms with Gasteiger partial charge in [0.25, 0.3) is 0 Å². The fourth-order valence-electron chi connectivity index (χ4n) is 4.82. The molecule has 1 aromatic heterocycles. The van der Waals surface area contributed by atoms with E-state index in [0.29, 0.717) is 24.7 Å². The molecular weight excluding hydrogens is 432 g/mol. The number of pyridine rings is 1. The number of carbonyl (C=O) groups is 1. The molecule has 2 aliphatic heterocycles. The summed E-state index contributed by atoms with van der Waals surface area (Å²) in [6, 6.07) is 9.92. The van der Waals surface area contributed by atoms with Gasteiger partial charge in [-0.25, -0.2) is 9.78 Å². The van der Waals surface area contributed by atoms with E-state index in [9.17, 15) is 4.79 Å². The number of urea groups is 1. The highest BCUT2D eigenvalue weighted by Gasteiger charge is 2.36. The van der Waals surface area contributed by atoms with E-state index >= 15 is 0 Å². The first-order chi connectivity index (χ1) is 16.5. The van der Waals surface area contributed by atoms with Crippen LogP contribution in [0.15, 0.2) is 30.3 Å². The van der Waals surface area contributed by atoms with E-state index in [4.69, 9.17) is 9.47 Å². The van der Waals surface area contributed by atoms with Crippen LogP contribution in [0, 0.1) is 6.92 Å². The number of ether oxygens (including phenoxy) is 2. The Labute approximate surface area is 202 Å². The minimum Gasteiger partial charge on any atom is -0.495 e. The number of nitrogens with one attached hydrogen (secondary N) is 2. The van der Waals surface area contributed by atoms with Crippen LogP contribution in [0.4, 0.5) is 16.2 Å². The standard InChI is InChI=1S/C25H36N6O3/c1-5-19-16-20(24(34-4)27-18(19)2)28-25(32)31-15-14-30(21-8-6-7-9-22(21)33-3)17-23(31)29-12-10-26-11-13-29/h6-9,16,23,26H,5,10-15,17H2,1-4H3,(H,28,32). The Bertz CT molecular complexity index is 995. The van der Waals surface area contributed by atoms with Crippen LogP contribution in [0.25, 0.3) is 0 Å². The Morgan fingerprint density at radius 1 is 1.15 bits per heavy atom. The third-order valence-corrected chi connectivity index (χ3v) is 6.71. The molecule has 2 N–H and O–H groups in total. The Balaban J connectivity index is 1.58. The summed E-state index contributed by atoms with van der Waals surface area (Å²) in [6.45, 7) is 9.68. The Kier molecular flexibility index (Phi) is 7.74. The van der Waals surface area contributed by atoms with Gasteiger partial charge in [-0.3, -0.25) is 4.90 Å². The van der Waals surface area contributed by atoms with Gasteiger partial charge >= 0.3 is 6.03 Å². The molecule has 0 radical (unpaired) electrons. The number of para-hydroxylation sites is 2. The molecule has 1 aromatic carbocycles. The lowest BCUT2D eigenvalue weighted by Crippen LogP contribution is -2.65. The maximum Gasteiger partial charge on any atom is 0.323 e. The number of hydrogen-bond donors (Lipinski definition) is 2. The predicted molar refractivity (Wildman–Crippen MR) is 134 cm³/mol. The Morgan fingerprint density at radius 3 is 2.62 bits per heavy atom. The molecule has 9 nitrogen and oxygen atoms in total. The molecule has 34 heavy (non-hydrogen) atoms. The van der Waals surface area contributed by atoms with Crippen molar-refractivity contribution in [1.29, 1.82) is 0 Å². The number of nitrogens with zero attached hydrogens (tertiary/aromatic N) is 4. The van der Waals surface area contributed by atoms with Crippen LogP contribution in [0.3, 0.4) is 0 Å². The van der Waals surface area contributed by atoms with Crippen molar-refractivity contribution < 1.29 is 14.3 Å². The Hall–Kier alpha value is -3.04. The molecule has 2 aliphatic rings. The lowest BCUT2D eigenvalue weighted by atomic mass is 10.1. The number of aryl methyl sites for hydroxylation is 2. The maximum absolute atomic E-state index is 13.6. The summed E-state index contributed by atoms with van der Waals surface area (Å²) in [6.07, 6.45) is 0.781. The van der Waals surface area contributed by atoms with Gasteiger partial charge < -0.3 is 29.9 Å². The number of aromatic nitrogens is 1. The van der Waals surface area contributed by atoms with E-state index < -0.39 is 0 Å². The van der Waals surface area contributed by atoms with Gasteiger partial charge in [-0.15, -0.1) is 0 Å². The third-order valence-electron chi connectivity index (χ3n) is 6.71. The number of anilines is 2. The van der Waals surface area contributed by atoms with Crippen LogP contribution in [0.2, 0.25) is 0 Å². The number of methoxy groups -OCH3 is 2. The molecule has 1 unspecified atom stereocenters. The quantitative estimate of drug-likeness (QED) is 0.674. The lowest BCUT2D eigenvalue weighted by Gasteiger charge is -2.48. The smallest absolute Gasteiger partial charge is 0.323 e. The maximum atomic E-state index is 13.6. The van der Waals surface area contributed by atoms with Crippen molar-refractivity contribution in [3.8, 4) is 11.6 Å². The van der Waals surface area contributed by atoms with Gasteiger partial charge in [0.2, 0.25) is 5.88 Å². The number of hydrogen-bond acceptors (Lipinski definition) is 7. The zero-order valence-electron chi connectivity index (χ0n) is 20.6. The van der Waals surface area contributed by atoms with Gasteiger partial charge in [-0.2, -0.15) is 0 Å². The van der Waals surface area contributed by atoms with Crippen LogP contribution in [0.1, 0.15) is 18.2 Å². The third kappa shape index (κ3) is 5.05. The second kappa shape index (κ2) is 10.9. The van der Waals surface area contributed by atoms with Gasteiger partial charge in [0.15, 0.2) is 0 Å². The molecule has 0 aliphatic carbocycles. The zero-order chi connectivity index (χ0) is 24.1. The van der Waals surface area contributed by atoms with Gasteiger partial charge in [0, 0.05) is 45.0 Å². The zero-order valence-corrected chi connectivity index (χ0v) is 20.6. The average molecular weight is 469 g/mol. The molecular formula is C25H36N6O3. The van der Waals surface area contributed by atoms with Crippen molar-refractivity contribution in [2.24, 2.45) is 0 Å². The molecule has 2 saturated heterocycles. The van der Waals surface area contributed by atoms with Crippen LogP contribution >= 0.6 is 0 Å². The summed E-state index contributed by atoms with van der Waals surface area (Å²) in [4.78, 5) is 24.8. The van der Waals surface area contributed by atoms with Gasteiger partial charge in [0.1, 0.15) is 17.6 Å². The summed E-state index contributed by atoms with van der Waals surface area (Å²) in [5.41, 5.74) is 3.68. The molecule has 4 rings (SSSR count). The van der Waals surface area contributed by atoms with Gasteiger partial charge in [-0.05, 0) is 37.1 Å². The number of benzene rings is 1. The van der Waals surface area contributed by atoms with Crippen LogP contribution in [-0.4, -0.2) is 87.0 Å². The average Bonchev–Trinajstić information content (AvgIpc) is 2.89. The van der Waals surface area contributed by atoms with Crippen molar-refractivity contribution >= 4 is 17.4 Å². The van der Waals surface area contributed by atoms with Crippen molar-refractivity contribution in [3.05, 3.63) is 41.6 Å². The second-order valence-electron chi connectivity index (χ2n) is 8.65. The molecule has 0 bridgehead atoms. The first-order valence-electron chi connectivity index (χ1n) is 12.0. The van der Waals surface area contributed by atoms with Crippen molar-refractivity contribution in [1.82, 2.24) is 20.1 Å². The fraction of sp³-hybridized carbons (Fsp3) is 0.520. The number of amides is 2. The highest BCUT2D eigenvalue weighted by atomic mass is 16.5. The normalized spacial score (nSPS) is 19.1. The number of carbonyl (C=O) groups excluding carboxylic acids is 1. The number of piperazine rings is 2. The van der Waals surface area contributed by atoms with Crippen molar-refractivity contribution in [2.45, 2.75) is 26.4 Å². The Morgan fingerprint density at radius 2 is 1.91 bits per heavy atom. The van der Waals surface area contributed by atoms with Gasteiger partial charge in [0.05, 0.1) is 26.5 Å². The van der Waals surface area contributed by atoms with E-state index in [1.165, 1.54) is 0 Å². The first kappa shape index (κ1) is 24.1. The molecule has 0 spiro atoms. The second-order valence-corrected chi connectivity index (χ2v) is 8.65. The minimum atomic E-state index is -0.130. The lowest BCUT2D eigenvalue weighted by molar-refractivity contribution is 0.0532. The highest BCUT2D eigenvalue weighted by molar-refractivity contribution is 5.91. The van der Waals surface area contributed by atoms with E-state index in [2.05, 4.69) is 38.4 Å². The highest BCUT2D eigenvalue weighted by Crippen LogP contribution is 2.31. The van der Waals surface area contributed by atoms with E-state index in [-0.39, 0.29) is 12.2 Å².